The van der Waals surface area contributed by atoms with Crippen molar-refractivity contribution < 1.29 is 14.6 Å². The molecule has 0 aliphatic rings. The molecule has 0 aliphatic heterocycles. The van der Waals surface area contributed by atoms with Gasteiger partial charge in [0.15, 0.2) is 0 Å². The largest absolute Gasteiger partial charge is 0.491 e. The smallest absolute Gasteiger partial charge is 0.220 e. The van der Waals surface area contributed by atoms with Crippen molar-refractivity contribution in [3.8, 4) is 5.75 Å². The van der Waals surface area contributed by atoms with Gasteiger partial charge in [0.05, 0.1) is 0 Å². The van der Waals surface area contributed by atoms with Crippen molar-refractivity contribution in [3.05, 3.63) is 59.7 Å². The summed E-state index contributed by atoms with van der Waals surface area (Å²) in [7, 11) is 0. The molecule has 2 rings (SSSR count). The lowest BCUT2D eigenvalue weighted by atomic mass is 10.1. The van der Waals surface area contributed by atoms with E-state index in [1.165, 1.54) is 0 Å². The van der Waals surface area contributed by atoms with Crippen LogP contribution >= 0.6 is 12.4 Å². The molecule has 1 atom stereocenters. The van der Waals surface area contributed by atoms with Crippen molar-refractivity contribution >= 4 is 24.0 Å². The van der Waals surface area contributed by atoms with Crippen molar-refractivity contribution in [2.45, 2.75) is 25.9 Å². The zero-order chi connectivity index (χ0) is 17.4. The Labute approximate surface area is 154 Å². The molecular formula is C19H25ClN2O3. The summed E-state index contributed by atoms with van der Waals surface area (Å²) in [5.41, 5.74) is 8.59. The van der Waals surface area contributed by atoms with Crippen LogP contribution in [0.25, 0.3) is 0 Å². The first-order valence-electron chi connectivity index (χ1n) is 8.02. The fourth-order valence-electron chi connectivity index (χ4n) is 2.29. The van der Waals surface area contributed by atoms with Crippen LogP contribution in [0.2, 0.25) is 0 Å². The number of nitrogens with one attached hydrogen (secondary N) is 1. The Hall–Kier alpha value is -2.24. The number of para-hydroxylation sites is 1. The molecule has 136 valence electrons. The van der Waals surface area contributed by atoms with Crippen LogP contribution in [0.1, 0.15) is 17.5 Å². The number of carbonyl (C=O) groups is 1. The first-order chi connectivity index (χ1) is 11.5. The summed E-state index contributed by atoms with van der Waals surface area (Å²) >= 11 is 0. The minimum atomic E-state index is -0.753. The molecule has 4 N–H and O–H groups in total. The third-order valence-corrected chi connectivity index (χ3v) is 3.64. The molecule has 0 saturated carbocycles. The number of anilines is 1. The quantitative estimate of drug-likeness (QED) is 0.628. The van der Waals surface area contributed by atoms with Crippen LogP contribution in [0, 0.1) is 6.92 Å². The summed E-state index contributed by atoms with van der Waals surface area (Å²) in [5, 5.41) is 12.6. The molecule has 25 heavy (non-hydrogen) atoms. The van der Waals surface area contributed by atoms with E-state index in [-0.39, 0.29) is 31.5 Å². The van der Waals surface area contributed by atoms with Gasteiger partial charge in [-0.15, -0.1) is 12.4 Å². The molecule has 0 heterocycles. The SMILES string of the molecule is Cc1cccc(OCC(O)CNC(=O)CCc2ccccc2N)c1.Cl. The van der Waals surface area contributed by atoms with Crippen molar-refractivity contribution in [2.24, 2.45) is 0 Å². The molecule has 0 aliphatic carbocycles. The van der Waals surface area contributed by atoms with Gasteiger partial charge in [0.1, 0.15) is 18.5 Å². The van der Waals surface area contributed by atoms with Crippen molar-refractivity contribution in [1.82, 2.24) is 5.32 Å². The number of amides is 1. The van der Waals surface area contributed by atoms with E-state index in [0.717, 1.165) is 11.1 Å². The second-order valence-electron chi connectivity index (χ2n) is 5.78. The van der Waals surface area contributed by atoms with E-state index in [1.54, 1.807) is 0 Å². The number of benzene rings is 2. The van der Waals surface area contributed by atoms with Crippen LogP contribution in [0.3, 0.4) is 0 Å². The van der Waals surface area contributed by atoms with Gasteiger partial charge in [0, 0.05) is 18.7 Å². The summed E-state index contributed by atoms with van der Waals surface area (Å²) in [6.45, 7) is 2.27. The number of aliphatic hydroxyl groups excluding tert-OH is 1. The van der Waals surface area contributed by atoms with E-state index in [2.05, 4.69) is 5.32 Å². The lowest BCUT2D eigenvalue weighted by Crippen LogP contribution is -2.35. The van der Waals surface area contributed by atoms with Crippen LogP contribution in [-0.4, -0.2) is 30.3 Å². The van der Waals surface area contributed by atoms with Gasteiger partial charge in [0.25, 0.3) is 0 Å². The second-order valence-corrected chi connectivity index (χ2v) is 5.78. The highest BCUT2D eigenvalue weighted by Crippen LogP contribution is 2.13. The summed E-state index contributed by atoms with van der Waals surface area (Å²) in [6, 6.07) is 15.1. The highest BCUT2D eigenvalue weighted by Gasteiger charge is 2.09. The van der Waals surface area contributed by atoms with E-state index >= 15 is 0 Å². The number of aliphatic hydroxyl groups is 1. The van der Waals surface area contributed by atoms with E-state index in [9.17, 15) is 9.90 Å². The molecule has 0 bridgehead atoms. The Morgan fingerprint density at radius 3 is 2.72 bits per heavy atom. The number of carbonyl (C=O) groups excluding carboxylic acids is 1. The highest BCUT2D eigenvalue weighted by atomic mass is 35.5. The summed E-state index contributed by atoms with van der Waals surface area (Å²) in [6.07, 6.45) is 0.157. The minimum absolute atomic E-state index is 0. The number of aryl methyl sites for hydroxylation is 2. The van der Waals surface area contributed by atoms with Crippen molar-refractivity contribution in [3.63, 3.8) is 0 Å². The van der Waals surface area contributed by atoms with E-state index in [0.29, 0.717) is 24.3 Å². The molecule has 0 aromatic heterocycles. The molecule has 1 unspecified atom stereocenters. The number of halogens is 1. The Kier molecular flexibility index (Phi) is 8.81. The Balaban J connectivity index is 0.00000312. The maximum atomic E-state index is 11.8. The van der Waals surface area contributed by atoms with Crippen LogP contribution in [0.4, 0.5) is 5.69 Å². The fraction of sp³-hybridized carbons (Fsp3) is 0.316. The lowest BCUT2D eigenvalue weighted by Gasteiger charge is -2.14. The molecule has 0 fully saturated rings. The molecule has 0 spiro atoms. The predicted octanol–water partition coefficient (Wildman–Crippen LogP) is 2.49. The summed E-state index contributed by atoms with van der Waals surface area (Å²) < 4.78 is 5.51. The summed E-state index contributed by atoms with van der Waals surface area (Å²) in [5.74, 6) is 0.591. The molecule has 0 radical (unpaired) electrons. The first kappa shape index (κ1) is 20.8. The van der Waals surface area contributed by atoms with E-state index in [4.69, 9.17) is 10.5 Å². The Morgan fingerprint density at radius 2 is 2.00 bits per heavy atom. The highest BCUT2D eigenvalue weighted by molar-refractivity contribution is 5.85. The molecular weight excluding hydrogens is 340 g/mol. The van der Waals surface area contributed by atoms with Gasteiger partial charge in [-0.2, -0.15) is 0 Å². The molecule has 6 heteroatoms. The maximum Gasteiger partial charge on any atom is 0.220 e. The number of hydrogen-bond donors (Lipinski definition) is 3. The van der Waals surface area contributed by atoms with Crippen molar-refractivity contribution in [1.29, 1.82) is 0 Å². The second kappa shape index (κ2) is 10.6. The number of hydrogen-bond acceptors (Lipinski definition) is 4. The van der Waals surface area contributed by atoms with Gasteiger partial charge in [-0.05, 0) is 42.7 Å². The van der Waals surface area contributed by atoms with Crippen LogP contribution in [0.15, 0.2) is 48.5 Å². The maximum absolute atomic E-state index is 11.8. The molecule has 2 aromatic rings. The van der Waals surface area contributed by atoms with E-state index < -0.39 is 6.10 Å². The minimum Gasteiger partial charge on any atom is -0.491 e. The fourth-order valence-corrected chi connectivity index (χ4v) is 2.29. The van der Waals surface area contributed by atoms with Crippen molar-refractivity contribution in [2.75, 3.05) is 18.9 Å². The number of ether oxygens (including phenoxy) is 1. The van der Waals surface area contributed by atoms with Crippen LogP contribution in [-0.2, 0) is 11.2 Å². The monoisotopic (exact) mass is 364 g/mol. The molecule has 1 amide bonds. The number of nitrogen functional groups attached to an aromatic ring is 1. The van der Waals surface area contributed by atoms with Gasteiger partial charge < -0.3 is 20.9 Å². The standard InChI is InChI=1S/C19H24N2O3.ClH/c1-14-5-4-7-17(11-14)24-13-16(22)12-21-19(23)10-9-15-6-2-3-8-18(15)20;/h2-8,11,16,22H,9-10,12-13,20H2,1H3,(H,21,23);1H. The van der Waals surface area contributed by atoms with Gasteiger partial charge in [-0.25, -0.2) is 0 Å². The third kappa shape index (κ3) is 7.45. The van der Waals surface area contributed by atoms with Gasteiger partial charge in [0.2, 0.25) is 5.91 Å². The Bertz CT molecular complexity index is 679. The zero-order valence-electron chi connectivity index (χ0n) is 14.3. The number of nitrogens with two attached hydrogens (primary N) is 1. The van der Waals surface area contributed by atoms with Gasteiger partial charge >= 0.3 is 0 Å². The number of rotatable bonds is 8. The third-order valence-electron chi connectivity index (χ3n) is 3.64. The average Bonchev–Trinajstić information content (AvgIpc) is 2.57. The molecule has 5 nitrogen and oxygen atoms in total. The van der Waals surface area contributed by atoms with Crippen LogP contribution < -0.4 is 15.8 Å². The Morgan fingerprint density at radius 1 is 1.24 bits per heavy atom. The van der Waals surface area contributed by atoms with Gasteiger partial charge in [-0.3, -0.25) is 4.79 Å². The van der Waals surface area contributed by atoms with Crippen LogP contribution in [0.5, 0.6) is 5.75 Å². The predicted molar refractivity (Wildman–Crippen MR) is 102 cm³/mol. The summed E-state index contributed by atoms with van der Waals surface area (Å²) in [4.78, 5) is 11.8. The zero-order valence-corrected chi connectivity index (χ0v) is 15.1. The molecule has 2 aromatic carbocycles. The van der Waals surface area contributed by atoms with E-state index in [1.807, 2.05) is 55.5 Å². The first-order valence-corrected chi connectivity index (χ1v) is 8.02. The lowest BCUT2D eigenvalue weighted by molar-refractivity contribution is -0.121. The normalized spacial score (nSPS) is 11.3. The van der Waals surface area contributed by atoms with Gasteiger partial charge in [-0.1, -0.05) is 30.3 Å². The molecule has 0 saturated heterocycles. The average molecular weight is 365 g/mol. The topological polar surface area (TPSA) is 84.6 Å².